The standard InChI is InChI=1S/C22H12Br2N4O2S2/c23-13-4-6-15-17(9-13)31-21(25-15)27-19(29)11-2-1-3-12(8-11)20(30)28-22-26-16-7-5-14(24)10-18(16)32-22/h1-10H,(H,25,27,29)(H,26,28,30). The Bertz CT molecular complexity index is 1400. The van der Waals surface area contributed by atoms with Crippen LogP contribution in [0.5, 0.6) is 0 Å². The zero-order valence-corrected chi connectivity index (χ0v) is 20.9. The van der Waals surface area contributed by atoms with Crippen LogP contribution in [0.2, 0.25) is 0 Å². The zero-order chi connectivity index (χ0) is 22.2. The molecule has 0 radical (unpaired) electrons. The molecule has 5 rings (SSSR count). The molecule has 0 atom stereocenters. The largest absolute Gasteiger partial charge is 0.298 e. The molecule has 6 nitrogen and oxygen atoms in total. The lowest BCUT2D eigenvalue weighted by Gasteiger charge is -2.05. The number of thiazole rings is 2. The number of aromatic nitrogens is 2. The van der Waals surface area contributed by atoms with E-state index in [9.17, 15) is 9.59 Å². The molecule has 0 saturated heterocycles. The molecule has 5 aromatic rings. The minimum atomic E-state index is -0.331. The number of carbonyl (C=O) groups excluding carboxylic acids is 2. The summed E-state index contributed by atoms with van der Waals surface area (Å²) in [5, 5.41) is 6.62. The molecule has 0 spiro atoms. The minimum Gasteiger partial charge on any atom is -0.298 e. The highest BCUT2D eigenvalue weighted by atomic mass is 79.9. The fourth-order valence-corrected chi connectivity index (χ4v) is 5.87. The molecular weight excluding hydrogens is 576 g/mol. The number of halogens is 2. The molecule has 158 valence electrons. The average molecular weight is 588 g/mol. The lowest BCUT2D eigenvalue weighted by atomic mass is 10.1. The smallest absolute Gasteiger partial charge is 0.257 e. The number of nitrogens with zero attached hydrogens (tertiary/aromatic N) is 2. The van der Waals surface area contributed by atoms with Crippen molar-refractivity contribution in [3.63, 3.8) is 0 Å². The molecule has 0 aliphatic heterocycles. The third kappa shape index (κ3) is 4.44. The summed E-state index contributed by atoms with van der Waals surface area (Å²) in [5.74, 6) is -0.662. The Kier molecular flexibility index (Phi) is 5.76. The van der Waals surface area contributed by atoms with Gasteiger partial charge in [0, 0.05) is 20.1 Å². The van der Waals surface area contributed by atoms with E-state index in [0.29, 0.717) is 21.4 Å². The quantitative estimate of drug-likeness (QED) is 0.239. The number of benzene rings is 3. The summed E-state index contributed by atoms with van der Waals surface area (Å²) in [7, 11) is 0. The van der Waals surface area contributed by atoms with E-state index in [0.717, 1.165) is 29.4 Å². The van der Waals surface area contributed by atoms with E-state index in [-0.39, 0.29) is 11.8 Å². The summed E-state index contributed by atoms with van der Waals surface area (Å²) in [6.45, 7) is 0. The van der Waals surface area contributed by atoms with Crippen molar-refractivity contribution in [1.29, 1.82) is 0 Å². The molecule has 2 heterocycles. The van der Waals surface area contributed by atoms with Crippen molar-refractivity contribution >= 4 is 97.0 Å². The summed E-state index contributed by atoms with van der Waals surface area (Å²) in [6, 6.07) is 18.0. The molecule has 0 unspecified atom stereocenters. The van der Waals surface area contributed by atoms with Crippen LogP contribution in [0.3, 0.4) is 0 Å². The van der Waals surface area contributed by atoms with Gasteiger partial charge in [-0.1, -0.05) is 60.6 Å². The Balaban J connectivity index is 1.33. The lowest BCUT2D eigenvalue weighted by Crippen LogP contribution is -2.15. The van der Waals surface area contributed by atoms with Gasteiger partial charge in [-0.3, -0.25) is 20.2 Å². The van der Waals surface area contributed by atoms with Crippen molar-refractivity contribution in [3.05, 3.63) is 80.7 Å². The fourth-order valence-electron chi connectivity index (χ4n) is 3.04. The van der Waals surface area contributed by atoms with Crippen LogP contribution in [0.15, 0.2) is 69.6 Å². The molecule has 0 saturated carbocycles. The van der Waals surface area contributed by atoms with Gasteiger partial charge < -0.3 is 0 Å². The summed E-state index contributed by atoms with van der Waals surface area (Å²) in [4.78, 5) is 34.4. The van der Waals surface area contributed by atoms with Gasteiger partial charge in [0.1, 0.15) is 0 Å². The normalized spacial score (nSPS) is 11.1. The molecule has 3 aromatic carbocycles. The first-order chi connectivity index (χ1) is 15.4. The predicted molar refractivity (Wildman–Crippen MR) is 137 cm³/mol. The maximum absolute atomic E-state index is 12.7. The highest BCUT2D eigenvalue weighted by Crippen LogP contribution is 2.30. The van der Waals surface area contributed by atoms with E-state index < -0.39 is 0 Å². The highest BCUT2D eigenvalue weighted by molar-refractivity contribution is 9.10. The molecule has 0 fully saturated rings. The van der Waals surface area contributed by atoms with Crippen molar-refractivity contribution in [1.82, 2.24) is 9.97 Å². The average Bonchev–Trinajstić information content (AvgIpc) is 3.35. The molecule has 2 aromatic heterocycles. The van der Waals surface area contributed by atoms with Crippen LogP contribution in [0.4, 0.5) is 10.3 Å². The maximum atomic E-state index is 12.7. The Morgan fingerprint density at radius 3 is 1.62 bits per heavy atom. The van der Waals surface area contributed by atoms with Gasteiger partial charge in [-0.05, 0) is 54.6 Å². The van der Waals surface area contributed by atoms with Crippen LogP contribution in [-0.4, -0.2) is 21.8 Å². The van der Waals surface area contributed by atoms with E-state index >= 15 is 0 Å². The van der Waals surface area contributed by atoms with Crippen molar-refractivity contribution < 1.29 is 9.59 Å². The number of rotatable bonds is 4. The Hall–Kier alpha value is -2.66. The Labute approximate surface area is 207 Å². The molecule has 0 aliphatic carbocycles. The molecular formula is C22H12Br2N4O2S2. The van der Waals surface area contributed by atoms with Crippen molar-refractivity contribution in [3.8, 4) is 0 Å². The highest BCUT2D eigenvalue weighted by Gasteiger charge is 2.14. The van der Waals surface area contributed by atoms with Gasteiger partial charge in [-0.15, -0.1) is 0 Å². The van der Waals surface area contributed by atoms with E-state index in [2.05, 4.69) is 52.5 Å². The van der Waals surface area contributed by atoms with Crippen molar-refractivity contribution in [2.45, 2.75) is 0 Å². The Morgan fingerprint density at radius 2 is 1.16 bits per heavy atom. The van der Waals surface area contributed by atoms with Gasteiger partial charge >= 0.3 is 0 Å². The fraction of sp³-hybridized carbons (Fsp3) is 0. The van der Waals surface area contributed by atoms with Gasteiger partial charge in [-0.25, -0.2) is 9.97 Å². The topological polar surface area (TPSA) is 84.0 Å². The van der Waals surface area contributed by atoms with Crippen LogP contribution in [0.1, 0.15) is 20.7 Å². The molecule has 2 amide bonds. The van der Waals surface area contributed by atoms with E-state index in [4.69, 9.17) is 0 Å². The zero-order valence-electron chi connectivity index (χ0n) is 16.1. The molecule has 0 bridgehead atoms. The first-order valence-corrected chi connectivity index (χ1v) is 12.5. The third-order valence-electron chi connectivity index (χ3n) is 4.53. The lowest BCUT2D eigenvalue weighted by molar-refractivity contribution is 0.102. The first kappa shape index (κ1) is 21.2. The molecule has 10 heteroatoms. The molecule has 0 aliphatic rings. The Morgan fingerprint density at radius 1 is 0.688 bits per heavy atom. The number of carbonyl (C=O) groups is 2. The number of hydrogen-bond donors (Lipinski definition) is 2. The van der Waals surface area contributed by atoms with Gasteiger partial charge in [-0.2, -0.15) is 0 Å². The number of nitrogens with one attached hydrogen (secondary N) is 2. The van der Waals surface area contributed by atoms with Crippen LogP contribution in [-0.2, 0) is 0 Å². The van der Waals surface area contributed by atoms with Gasteiger partial charge in [0.15, 0.2) is 10.3 Å². The summed E-state index contributed by atoms with van der Waals surface area (Å²) in [5.41, 5.74) is 2.35. The van der Waals surface area contributed by atoms with E-state index in [1.165, 1.54) is 22.7 Å². The van der Waals surface area contributed by atoms with Gasteiger partial charge in [0.25, 0.3) is 11.8 Å². The summed E-state index contributed by atoms with van der Waals surface area (Å²) >= 11 is 9.64. The van der Waals surface area contributed by atoms with Crippen molar-refractivity contribution in [2.75, 3.05) is 10.6 Å². The molecule has 32 heavy (non-hydrogen) atoms. The third-order valence-corrected chi connectivity index (χ3v) is 7.38. The van der Waals surface area contributed by atoms with Gasteiger partial charge in [0.2, 0.25) is 0 Å². The minimum absolute atomic E-state index is 0.331. The van der Waals surface area contributed by atoms with E-state index in [1.807, 2.05) is 36.4 Å². The number of anilines is 2. The number of hydrogen-bond acceptors (Lipinski definition) is 6. The van der Waals surface area contributed by atoms with Crippen molar-refractivity contribution in [2.24, 2.45) is 0 Å². The summed E-state index contributed by atoms with van der Waals surface area (Å²) in [6.07, 6.45) is 0. The van der Waals surface area contributed by atoms with E-state index in [1.54, 1.807) is 24.3 Å². The first-order valence-electron chi connectivity index (χ1n) is 9.29. The monoisotopic (exact) mass is 586 g/mol. The van der Waals surface area contributed by atoms with Crippen LogP contribution >= 0.6 is 54.5 Å². The second-order valence-corrected chi connectivity index (χ2v) is 10.6. The SMILES string of the molecule is O=C(Nc1nc2ccc(Br)cc2s1)c1cccc(C(=O)Nc2nc3ccc(Br)cc3s2)c1. The van der Waals surface area contributed by atoms with Crippen LogP contribution in [0, 0.1) is 0 Å². The summed E-state index contributed by atoms with van der Waals surface area (Å²) < 4.78 is 3.83. The van der Waals surface area contributed by atoms with Gasteiger partial charge in [0.05, 0.1) is 20.4 Å². The van der Waals surface area contributed by atoms with Crippen LogP contribution < -0.4 is 10.6 Å². The predicted octanol–water partition coefficient (Wildman–Crippen LogP) is 6.94. The number of fused-ring (bicyclic) bond motifs is 2. The second-order valence-electron chi connectivity index (χ2n) is 6.75. The molecule has 2 N–H and O–H groups in total. The maximum Gasteiger partial charge on any atom is 0.257 e. The second kappa shape index (κ2) is 8.70. The number of amides is 2. The van der Waals surface area contributed by atoms with Crippen LogP contribution in [0.25, 0.3) is 20.4 Å².